The highest BCUT2D eigenvalue weighted by atomic mass is 16.4. The number of carboxylic acids is 1. The third-order valence-electron chi connectivity index (χ3n) is 3.80. The number of carboxylic acid groups (broad SMARTS) is 1. The van der Waals surface area contributed by atoms with Gasteiger partial charge < -0.3 is 10.4 Å². The van der Waals surface area contributed by atoms with E-state index in [1.165, 1.54) is 0 Å². The summed E-state index contributed by atoms with van der Waals surface area (Å²) in [6.45, 7) is 2.74. The first-order valence-corrected chi connectivity index (χ1v) is 6.09. The maximum atomic E-state index is 12.4. The Balaban J connectivity index is 2.30. The highest BCUT2D eigenvalue weighted by molar-refractivity contribution is 6.01. The van der Waals surface area contributed by atoms with E-state index in [0.717, 1.165) is 0 Å². The Kier molecular flexibility index (Phi) is 3.48. The summed E-state index contributed by atoms with van der Waals surface area (Å²) in [5, 5.41) is 12.5. The molecule has 1 heterocycles. The van der Waals surface area contributed by atoms with E-state index in [4.69, 9.17) is 0 Å². The molecule has 1 aliphatic rings. The minimum Gasteiger partial charge on any atom is -0.481 e. The average Bonchev–Trinajstić information content (AvgIpc) is 2.39. The fraction of sp³-hybridized carbons (Fsp3) is 0.429. The molecule has 0 bridgehead atoms. The van der Waals surface area contributed by atoms with E-state index in [1.54, 1.807) is 31.2 Å². The average molecular weight is 247 g/mol. The molecule has 4 nitrogen and oxygen atoms in total. The van der Waals surface area contributed by atoms with Gasteiger partial charge in [-0.25, -0.2) is 0 Å². The number of piperidine rings is 1. The minimum atomic E-state index is -0.974. The second-order valence-electron chi connectivity index (χ2n) is 4.96. The lowest BCUT2D eigenvalue weighted by Gasteiger charge is -2.37. The van der Waals surface area contributed by atoms with Gasteiger partial charge in [0.15, 0.2) is 5.78 Å². The zero-order valence-electron chi connectivity index (χ0n) is 10.3. The van der Waals surface area contributed by atoms with Gasteiger partial charge in [-0.3, -0.25) is 9.59 Å². The number of carbonyl (C=O) groups is 2. The van der Waals surface area contributed by atoms with Crippen molar-refractivity contribution in [1.29, 1.82) is 0 Å². The second-order valence-corrected chi connectivity index (χ2v) is 4.96. The molecular formula is C14H17NO3. The smallest absolute Gasteiger partial charge is 0.310 e. The van der Waals surface area contributed by atoms with Gasteiger partial charge in [0.05, 0.1) is 11.3 Å². The van der Waals surface area contributed by atoms with Gasteiger partial charge >= 0.3 is 5.97 Å². The van der Waals surface area contributed by atoms with Gasteiger partial charge in [0, 0.05) is 12.1 Å². The first-order valence-electron chi connectivity index (χ1n) is 6.09. The van der Waals surface area contributed by atoms with Crippen molar-refractivity contribution in [1.82, 2.24) is 5.32 Å². The van der Waals surface area contributed by atoms with E-state index >= 15 is 0 Å². The zero-order valence-corrected chi connectivity index (χ0v) is 10.3. The monoisotopic (exact) mass is 247 g/mol. The van der Waals surface area contributed by atoms with Crippen molar-refractivity contribution in [2.24, 2.45) is 11.3 Å². The lowest BCUT2D eigenvalue weighted by Crippen LogP contribution is -2.51. The van der Waals surface area contributed by atoms with E-state index in [-0.39, 0.29) is 5.78 Å². The molecule has 0 amide bonds. The molecule has 0 saturated carbocycles. The van der Waals surface area contributed by atoms with Crippen molar-refractivity contribution < 1.29 is 14.7 Å². The van der Waals surface area contributed by atoms with E-state index in [0.29, 0.717) is 25.1 Å². The number of aliphatic carboxylic acids is 1. The molecule has 1 aromatic carbocycles. The van der Waals surface area contributed by atoms with Crippen LogP contribution in [0.5, 0.6) is 0 Å². The summed E-state index contributed by atoms with van der Waals surface area (Å²) in [7, 11) is 0. The Hall–Kier alpha value is -1.68. The van der Waals surface area contributed by atoms with Gasteiger partial charge in [0.1, 0.15) is 0 Å². The predicted octanol–water partition coefficient (Wildman–Crippen LogP) is 1.57. The molecule has 2 N–H and O–H groups in total. The molecule has 2 atom stereocenters. The van der Waals surface area contributed by atoms with E-state index in [2.05, 4.69) is 5.32 Å². The van der Waals surface area contributed by atoms with Gasteiger partial charge in [-0.1, -0.05) is 30.3 Å². The van der Waals surface area contributed by atoms with Crippen LogP contribution in [0.3, 0.4) is 0 Å². The molecule has 1 aliphatic heterocycles. The number of Topliss-reactive ketones (excluding diaryl/α,β-unsaturated/α-hetero) is 1. The van der Waals surface area contributed by atoms with Gasteiger partial charge in [-0.05, 0) is 19.9 Å². The first kappa shape index (κ1) is 12.8. The number of hydrogen-bond donors (Lipinski definition) is 2. The summed E-state index contributed by atoms with van der Waals surface area (Å²) in [6.07, 6.45) is 0.478. The van der Waals surface area contributed by atoms with Gasteiger partial charge in [0.2, 0.25) is 0 Å². The maximum absolute atomic E-state index is 12.4. The van der Waals surface area contributed by atoms with Crippen molar-refractivity contribution in [2.75, 3.05) is 13.1 Å². The van der Waals surface area contributed by atoms with Gasteiger partial charge in [-0.15, -0.1) is 0 Å². The van der Waals surface area contributed by atoms with Crippen LogP contribution in [0.25, 0.3) is 0 Å². The summed E-state index contributed by atoms with van der Waals surface area (Å²) < 4.78 is 0. The molecule has 4 heteroatoms. The van der Waals surface area contributed by atoms with Crippen molar-refractivity contribution in [3.63, 3.8) is 0 Å². The van der Waals surface area contributed by atoms with Crippen LogP contribution in [0.4, 0.5) is 0 Å². The summed E-state index contributed by atoms with van der Waals surface area (Å²) in [5.41, 5.74) is -0.392. The third-order valence-corrected chi connectivity index (χ3v) is 3.80. The molecule has 0 aromatic heterocycles. The number of hydrogen-bond acceptors (Lipinski definition) is 3. The molecule has 1 fully saturated rings. The number of nitrogens with one attached hydrogen (secondary N) is 1. The number of carbonyl (C=O) groups excluding carboxylic acids is 1. The summed E-state index contributed by atoms with van der Waals surface area (Å²) in [5.74, 6) is -1.49. The summed E-state index contributed by atoms with van der Waals surface area (Å²) in [4.78, 5) is 23.9. The Morgan fingerprint density at radius 3 is 2.61 bits per heavy atom. The Morgan fingerprint density at radius 2 is 2.00 bits per heavy atom. The summed E-state index contributed by atoms with van der Waals surface area (Å²) in [6, 6.07) is 8.90. The van der Waals surface area contributed by atoms with Crippen LogP contribution in [0, 0.1) is 11.3 Å². The molecule has 96 valence electrons. The summed E-state index contributed by atoms with van der Waals surface area (Å²) >= 11 is 0. The molecule has 0 spiro atoms. The largest absolute Gasteiger partial charge is 0.481 e. The number of benzene rings is 1. The van der Waals surface area contributed by atoms with Crippen LogP contribution in [0.2, 0.25) is 0 Å². The highest BCUT2D eigenvalue weighted by Gasteiger charge is 2.46. The van der Waals surface area contributed by atoms with Crippen molar-refractivity contribution in [3.05, 3.63) is 35.9 Å². The van der Waals surface area contributed by atoms with Crippen LogP contribution < -0.4 is 5.32 Å². The van der Waals surface area contributed by atoms with Gasteiger partial charge in [0.25, 0.3) is 0 Å². The lowest BCUT2D eigenvalue weighted by molar-refractivity contribution is -0.151. The molecule has 1 aromatic rings. The Labute approximate surface area is 106 Å². The normalized spacial score (nSPS) is 27.7. The molecule has 2 rings (SSSR count). The molecule has 18 heavy (non-hydrogen) atoms. The van der Waals surface area contributed by atoms with Crippen molar-refractivity contribution in [3.8, 4) is 0 Å². The third kappa shape index (κ3) is 2.16. The van der Waals surface area contributed by atoms with E-state index < -0.39 is 17.3 Å². The van der Waals surface area contributed by atoms with Gasteiger partial charge in [-0.2, -0.15) is 0 Å². The Bertz CT molecular complexity index is 457. The van der Waals surface area contributed by atoms with E-state index in [9.17, 15) is 14.7 Å². The van der Waals surface area contributed by atoms with Crippen LogP contribution in [-0.2, 0) is 4.79 Å². The highest BCUT2D eigenvalue weighted by Crippen LogP contribution is 2.35. The maximum Gasteiger partial charge on any atom is 0.310 e. The van der Waals surface area contributed by atoms with Crippen LogP contribution >= 0.6 is 0 Å². The minimum absolute atomic E-state index is 0.0901. The molecule has 2 unspecified atom stereocenters. The Morgan fingerprint density at radius 1 is 1.33 bits per heavy atom. The number of rotatable bonds is 3. The van der Waals surface area contributed by atoms with Crippen LogP contribution in [0.15, 0.2) is 30.3 Å². The SMILES string of the molecule is CC1(C(=O)O)CCNCC1C(=O)c1ccccc1. The van der Waals surface area contributed by atoms with Crippen molar-refractivity contribution >= 4 is 11.8 Å². The topological polar surface area (TPSA) is 66.4 Å². The molecular weight excluding hydrogens is 230 g/mol. The fourth-order valence-corrected chi connectivity index (χ4v) is 2.44. The van der Waals surface area contributed by atoms with E-state index in [1.807, 2.05) is 6.07 Å². The predicted molar refractivity (Wildman–Crippen MR) is 67.5 cm³/mol. The molecule has 0 radical (unpaired) electrons. The van der Waals surface area contributed by atoms with Crippen LogP contribution in [-0.4, -0.2) is 29.9 Å². The quantitative estimate of drug-likeness (QED) is 0.796. The lowest BCUT2D eigenvalue weighted by atomic mass is 9.69. The van der Waals surface area contributed by atoms with Crippen LogP contribution in [0.1, 0.15) is 23.7 Å². The molecule has 1 saturated heterocycles. The zero-order chi connectivity index (χ0) is 13.2. The first-order chi connectivity index (χ1) is 8.55. The standard InChI is InChI=1S/C14H17NO3/c1-14(13(17)18)7-8-15-9-11(14)12(16)10-5-3-2-4-6-10/h2-6,11,15H,7-9H2,1H3,(H,17,18). The molecule has 0 aliphatic carbocycles. The number of ketones is 1. The second kappa shape index (κ2) is 4.90. The fourth-order valence-electron chi connectivity index (χ4n) is 2.44. The van der Waals surface area contributed by atoms with Crippen molar-refractivity contribution in [2.45, 2.75) is 13.3 Å².